The molecule has 1 aromatic heterocycles. The number of hydrogen-bond acceptors (Lipinski definition) is 4. The van der Waals surface area contributed by atoms with Gasteiger partial charge in [-0.25, -0.2) is 4.39 Å². The second-order valence-corrected chi connectivity index (χ2v) is 5.53. The third kappa shape index (κ3) is 3.85. The number of aromatic nitrogens is 1. The summed E-state index contributed by atoms with van der Waals surface area (Å²) in [7, 11) is 0. The molecule has 25 heavy (non-hydrogen) atoms. The van der Waals surface area contributed by atoms with E-state index in [4.69, 9.17) is 15.2 Å². The van der Waals surface area contributed by atoms with Crippen molar-refractivity contribution in [3.63, 3.8) is 0 Å². The lowest BCUT2D eigenvalue weighted by atomic mass is 10.1. The number of benzene rings is 2. The van der Waals surface area contributed by atoms with E-state index < -0.39 is 12.0 Å². The molecule has 1 heterocycles. The Morgan fingerprint density at radius 3 is 2.60 bits per heavy atom. The minimum atomic E-state index is -0.705. The van der Waals surface area contributed by atoms with Crippen LogP contribution in [-0.4, -0.2) is 17.0 Å². The zero-order valence-corrected chi connectivity index (χ0v) is 13.6. The summed E-state index contributed by atoms with van der Waals surface area (Å²) < 4.78 is 24.9. The van der Waals surface area contributed by atoms with Crippen LogP contribution in [0.1, 0.15) is 12.5 Å². The topological polar surface area (TPSA) is 74.4 Å². The lowest BCUT2D eigenvalue weighted by Gasteiger charge is -2.12. The number of rotatable bonds is 6. The van der Waals surface area contributed by atoms with E-state index in [-0.39, 0.29) is 12.4 Å². The number of primary amides is 1. The lowest BCUT2D eigenvalue weighted by molar-refractivity contribution is -0.123. The lowest BCUT2D eigenvalue weighted by Crippen LogP contribution is -2.30. The molecule has 0 fully saturated rings. The highest BCUT2D eigenvalue weighted by atomic mass is 19.1. The molecule has 1 amide bonds. The van der Waals surface area contributed by atoms with Crippen molar-refractivity contribution in [3.05, 3.63) is 66.1 Å². The first-order valence-corrected chi connectivity index (χ1v) is 7.75. The second-order valence-electron chi connectivity index (χ2n) is 5.53. The minimum Gasteiger partial charge on any atom is -0.489 e. The van der Waals surface area contributed by atoms with Crippen molar-refractivity contribution in [2.24, 2.45) is 5.73 Å². The Morgan fingerprint density at radius 2 is 1.88 bits per heavy atom. The third-order valence-corrected chi connectivity index (χ3v) is 3.73. The maximum atomic E-state index is 13.8. The van der Waals surface area contributed by atoms with Crippen molar-refractivity contribution >= 4 is 16.8 Å². The summed E-state index contributed by atoms with van der Waals surface area (Å²) in [6, 6.07) is 13.3. The van der Waals surface area contributed by atoms with Crippen molar-refractivity contribution in [1.82, 2.24) is 4.98 Å². The highest BCUT2D eigenvalue weighted by Gasteiger charge is 2.10. The number of fused-ring (bicyclic) bond motifs is 1. The summed E-state index contributed by atoms with van der Waals surface area (Å²) >= 11 is 0. The van der Waals surface area contributed by atoms with Crippen LogP contribution in [-0.2, 0) is 11.4 Å². The number of nitrogens with zero attached hydrogens (tertiary/aromatic N) is 1. The van der Waals surface area contributed by atoms with E-state index in [2.05, 4.69) is 4.98 Å². The molecule has 0 radical (unpaired) electrons. The summed E-state index contributed by atoms with van der Waals surface area (Å²) in [6.07, 6.45) is 0.917. The summed E-state index contributed by atoms with van der Waals surface area (Å²) in [5.74, 6) is 0.299. The van der Waals surface area contributed by atoms with Crippen LogP contribution >= 0.6 is 0 Å². The summed E-state index contributed by atoms with van der Waals surface area (Å²) in [5, 5.41) is 0.466. The summed E-state index contributed by atoms with van der Waals surface area (Å²) in [5.41, 5.74) is 6.53. The van der Waals surface area contributed by atoms with Gasteiger partial charge in [0.2, 0.25) is 0 Å². The zero-order chi connectivity index (χ0) is 17.8. The fourth-order valence-corrected chi connectivity index (χ4v) is 2.35. The largest absolute Gasteiger partial charge is 0.489 e. The monoisotopic (exact) mass is 340 g/mol. The van der Waals surface area contributed by atoms with Gasteiger partial charge in [-0.2, -0.15) is 0 Å². The van der Waals surface area contributed by atoms with Gasteiger partial charge >= 0.3 is 0 Å². The average molecular weight is 340 g/mol. The van der Waals surface area contributed by atoms with Crippen LogP contribution in [0.4, 0.5) is 4.39 Å². The maximum Gasteiger partial charge on any atom is 0.258 e. The van der Waals surface area contributed by atoms with Crippen LogP contribution in [0.15, 0.2) is 54.7 Å². The summed E-state index contributed by atoms with van der Waals surface area (Å²) in [4.78, 5) is 15.2. The van der Waals surface area contributed by atoms with E-state index in [0.29, 0.717) is 22.4 Å². The molecule has 6 heteroatoms. The number of ether oxygens (including phenoxy) is 2. The van der Waals surface area contributed by atoms with Gasteiger partial charge in [-0.1, -0.05) is 6.07 Å². The molecule has 2 aromatic carbocycles. The molecule has 0 spiro atoms. The zero-order valence-electron chi connectivity index (χ0n) is 13.6. The first kappa shape index (κ1) is 16.7. The van der Waals surface area contributed by atoms with Gasteiger partial charge in [0.15, 0.2) is 6.10 Å². The number of hydrogen-bond donors (Lipinski definition) is 1. The molecule has 5 nitrogen and oxygen atoms in total. The molecule has 2 N–H and O–H groups in total. The Morgan fingerprint density at radius 1 is 1.16 bits per heavy atom. The fourth-order valence-electron chi connectivity index (χ4n) is 2.35. The highest BCUT2D eigenvalue weighted by Crippen LogP contribution is 2.23. The van der Waals surface area contributed by atoms with Gasteiger partial charge < -0.3 is 15.2 Å². The first-order chi connectivity index (χ1) is 12.0. The summed E-state index contributed by atoms with van der Waals surface area (Å²) in [6.45, 7) is 1.84. The molecule has 3 rings (SSSR count). The molecule has 128 valence electrons. The second kappa shape index (κ2) is 7.17. The molecule has 0 aliphatic rings. The van der Waals surface area contributed by atoms with Crippen molar-refractivity contribution in [2.45, 2.75) is 19.6 Å². The van der Waals surface area contributed by atoms with Gasteiger partial charge in [-0.05, 0) is 49.4 Å². The molecular formula is C19H17FN2O3. The van der Waals surface area contributed by atoms with Crippen molar-refractivity contribution < 1.29 is 18.7 Å². The van der Waals surface area contributed by atoms with Crippen LogP contribution in [0.3, 0.4) is 0 Å². The van der Waals surface area contributed by atoms with Crippen molar-refractivity contribution in [1.29, 1.82) is 0 Å². The van der Waals surface area contributed by atoms with E-state index in [1.54, 1.807) is 55.6 Å². The van der Waals surface area contributed by atoms with Crippen LogP contribution in [0.5, 0.6) is 11.5 Å². The van der Waals surface area contributed by atoms with Gasteiger partial charge in [0.05, 0.1) is 5.52 Å². The van der Waals surface area contributed by atoms with Crippen molar-refractivity contribution in [3.8, 4) is 11.5 Å². The number of pyridine rings is 1. The molecule has 0 aliphatic heterocycles. The smallest absolute Gasteiger partial charge is 0.258 e. The number of nitrogens with two attached hydrogens (primary N) is 1. The van der Waals surface area contributed by atoms with Gasteiger partial charge in [0, 0.05) is 17.1 Å². The Labute approximate surface area is 144 Å². The van der Waals surface area contributed by atoms with Gasteiger partial charge in [0.1, 0.15) is 23.9 Å². The standard InChI is InChI=1S/C19H17FN2O3/c1-12(19(21)23)25-15-7-5-14(6-8-15)24-11-13-4-9-17(20)16-3-2-10-22-18(13)16/h2-10,12H,11H2,1H3,(H2,21,23)/t12-/m1/s1. The third-order valence-electron chi connectivity index (χ3n) is 3.73. The van der Waals surface area contributed by atoms with Crippen molar-refractivity contribution in [2.75, 3.05) is 0 Å². The Balaban J connectivity index is 1.70. The predicted molar refractivity (Wildman–Crippen MR) is 91.8 cm³/mol. The number of carbonyl (C=O) groups excluding carboxylic acids is 1. The van der Waals surface area contributed by atoms with Gasteiger partial charge in [-0.15, -0.1) is 0 Å². The fraction of sp³-hybridized carbons (Fsp3) is 0.158. The molecule has 1 atom stereocenters. The Bertz CT molecular complexity index is 897. The van der Waals surface area contributed by atoms with E-state index in [1.807, 2.05) is 0 Å². The van der Waals surface area contributed by atoms with Crippen LogP contribution in [0.2, 0.25) is 0 Å². The molecule has 0 unspecified atom stereocenters. The highest BCUT2D eigenvalue weighted by molar-refractivity contribution is 5.82. The molecule has 3 aromatic rings. The Hall–Kier alpha value is -3.15. The minimum absolute atomic E-state index is 0.256. The molecule has 0 saturated heterocycles. The normalized spacial score (nSPS) is 11.9. The Kier molecular flexibility index (Phi) is 4.79. The van der Waals surface area contributed by atoms with Crippen LogP contribution in [0, 0.1) is 5.82 Å². The first-order valence-electron chi connectivity index (χ1n) is 7.75. The van der Waals surface area contributed by atoms with E-state index >= 15 is 0 Å². The van der Waals surface area contributed by atoms with Gasteiger partial charge in [0.25, 0.3) is 5.91 Å². The number of carbonyl (C=O) groups is 1. The SMILES string of the molecule is C[C@@H](Oc1ccc(OCc2ccc(F)c3cccnc23)cc1)C(N)=O. The molecule has 0 saturated carbocycles. The molecule has 0 bridgehead atoms. The van der Waals surface area contributed by atoms with E-state index in [0.717, 1.165) is 5.56 Å². The number of amides is 1. The van der Waals surface area contributed by atoms with E-state index in [1.165, 1.54) is 6.07 Å². The quantitative estimate of drug-likeness (QED) is 0.748. The maximum absolute atomic E-state index is 13.8. The number of halogens is 1. The average Bonchev–Trinajstić information content (AvgIpc) is 2.62. The predicted octanol–water partition coefficient (Wildman–Crippen LogP) is 3.21. The van der Waals surface area contributed by atoms with Gasteiger partial charge in [-0.3, -0.25) is 9.78 Å². The molecular weight excluding hydrogens is 323 g/mol. The van der Waals surface area contributed by atoms with Crippen LogP contribution in [0.25, 0.3) is 10.9 Å². The van der Waals surface area contributed by atoms with E-state index in [9.17, 15) is 9.18 Å². The van der Waals surface area contributed by atoms with Crippen LogP contribution < -0.4 is 15.2 Å². The molecule has 0 aliphatic carbocycles.